The van der Waals surface area contributed by atoms with E-state index in [0.717, 1.165) is 64.2 Å². The molecule has 2 aliphatic carbocycles. The number of esters is 2. The Kier molecular flexibility index (Phi) is 11.1. The highest BCUT2D eigenvalue weighted by atomic mass is 32.2. The Labute approximate surface area is 298 Å². The molecule has 0 aromatic carbocycles. The predicted molar refractivity (Wildman–Crippen MR) is 191 cm³/mol. The predicted octanol–water partition coefficient (Wildman–Crippen LogP) is 7.23. The lowest BCUT2D eigenvalue weighted by Crippen LogP contribution is -2.51. The average Bonchev–Trinajstić information content (AvgIpc) is 3.90. The van der Waals surface area contributed by atoms with Gasteiger partial charge in [0.2, 0.25) is 0 Å². The van der Waals surface area contributed by atoms with Gasteiger partial charge in [0, 0.05) is 11.5 Å². The molecule has 9 heteroatoms. The molecular weight excluding hydrogens is 640 g/mol. The van der Waals surface area contributed by atoms with E-state index < -0.39 is 23.4 Å². The number of carbonyl (C=O) groups excluding carboxylic acids is 2. The van der Waals surface area contributed by atoms with E-state index in [1.807, 2.05) is 13.8 Å². The second kappa shape index (κ2) is 14.6. The fraction of sp³-hybridized carbons (Fsp3) is 0.850. The van der Waals surface area contributed by atoms with Crippen LogP contribution < -0.4 is 0 Å². The highest BCUT2D eigenvalue weighted by Gasteiger charge is 2.54. The standard InChI is InChI=1S/C40H62O8S/c1-25-9-7-17-37(3,43)33-21-27(15-19-39(5)31(47-39)13-11-25)29(35(41)45-33)23-49-24-30-28-16-20-40(6)32(48-40)14-12-26(2)10-8-18-38(4,44)34(22-28)46-36(30)42/h9-10,27-34,43-44H,7-8,11-24H2,1-6H3/t27-,28-,29+,30+,31+,32+,33-,34-,37+,38+,39+,40+/m1/s1. The van der Waals surface area contributed by atoms with E-state index in [0.29, 0.717) is 37.2 Å². The van der Waals surface area contributed by atoms with Crippen LogP contribution in [0.3, 0.4) is 0 Å². The van der Waals surface area contributed by atoms with Crippen LogP contribution in [0.15, 0.2) is 23.3 Å². The first-order chi connectivity index (χ1) is 23.1. The number of ether oxygens (including phenoxy) is 4. The SMILES string of the molecule is CC1=CCC[C@](C)(O)[C@H]2C[C@@H](CC[C@]3(C)O[C@H]3CC1)[C@H](CSC[C@@H]1C(=O)O[C@@H]3C[C@H]1CC[C@]1(C)O[C@H]1CCC(C)=CCC[C@]3(C)O)C(=O)O2. The van der Waals surface area contributed by atoms with Crippen LogP contribution in [-0.4, -0.2) is 80.5 Å². The van der Waals surface area contributed by atoms with Gasteiger partial charge in [-0.15, -0.1) is 0 Å². The summed E-state index contributed by atoms with van der Waals surface area (Å²) in [7, 11) is 0. The first kappa shape index (κ1) is 37.4. The largest absolute Gasteiger partial charge is 0.459 e. The highest BCUT2D eigenvalue weighted by Crippen LogP contribution is 2.49. The molecule has 0 spiro atoms. The zero-order chi connectivity index (χ0) is 35.2. The molecule has 0 unspecified atom stereocenters. The Morgan fingerprint density at radius 2 is 1.06 bits per heavy atom. The van der Waals surface area contributed by atoms with Gasteiger partial charge in [-0.2, -0.15) is 11.8 Å². The molecule has 4 saturated heterocycles. The molecule has 0 aromatic heterocycles. The van der Waals surface area contributed by atoms with E-state index >= 15 is 0 Å². The van der Waals surface area contributed by atoms with Crippen LogP contribution in [0.5, 0.6) is 0 Å². The van der Waals surface area contributed by atoms with E-state index in [9.17, 15) is 19.8 Å². The fourth-order valence-electron chi connectivity index (χ4n) is 9.10. The first-order valence-electron chi connectivity index (χ1n) is 19.2. The summed E-state index contributed by atoms with van der Waals surface area (Å²) in [5.74, 6) is 0.186. The van der Waals surface area contributed by atoms with Crippen molar-refractivity contribution >= 4 is 23.7 Å². The molecule has 8 nitrogen and oxygen atoms in total. The monoisotopic (exact) mass is 702 g/mol. The van der Waals surface area contributed by atoms with Gasteiger partial charge < -0.3 is 29.2 Å². The van der Waals surface area contributed by atoms with Crippen LogP contribution in [0.4, 0.5) is 0 Å². The summed E-state index contributed by atoms with van der Waals surface area (Å²) in [6.45, 7) is 12.3. The van der Waals surface area contributed by atoms with Gasteiger partial charge in [0.25, 0.3) is 0 Å². The molecule has 12 atom stereocenters. The molecular formula is C40H62O8S. The second-order valence-electron chi connectivity index (χ2n) is 17.5. The minimum atomic E-state index is -1.10. The Hall–Kier alpha value is -1.39. The number of rotatable bonds is 4. The molecule has 4 aliphatic heterocycles. The summed E-state index contributed by atoms with van der Waals surface area (Å²) in [6, 6.07) is 0. The molecule has 6 aliphatic rings. The summed E-state index contributed by atoms with van der Waals surface area (Å²) < 4.78 is 24.5. The zero-order valence-corrected chi connectivity index (χ0v) is 31.7. The van der Waals surface area contributed by atoms with Gasteiger partial charge in [-0.25, -0.2) is 0 Å². The normalized spacial score (nSPS) is 46.7. The Balaban J connectivity index is 1.13. The zero-order valence-electron chi connectivity index (χ0n) is 30.8. The van der Waals surface area contributed by atoms with Crippen LogP contribution in [-0.2, 0) is 28.5 Å². The number of thioether (sulfide) groups is 1. The van der Waals surface area contributed by atoms with Crippen LogP contribution in [0.25, 0.3) is 0 Å². The molecule has 49 heavy (non-hydrogen) atoms. The number of epoxide rings is 2. The third-order valence-corrected chi connectivity index (χ3v) is 14.4. The quantitative estimate of drug-likeness (QED) is 0.178. The lowest BCUT2D eigenvalue weighted by atomic mass is 9.76. The van der Waals surface area contributed by atoms with Gasteiger partial charge in [-0.1, -0.05) is 23.3 Å². The van der Waals surface area contributed by atoms with Crippen molar-refractivity contribution in [3.8, 4) is 0 Å². The highest BCUT2D eigenvalue weighted by molar-refractivity contribution is 7.99. The van der Waals surface area contributed by atoms with E-state index in [4.69, 9.17) is 18.9 Å². The van der Waals surface area contributed by atoms with Crippen molar-refractivity contribution < 1.29 is 38.7 Å². The topological polar surface area (TPSA) is 118 Å². The fourth-order valence-corrected chi connectivity index (χ4v) is 10.6. The lowest BCUT2D eigenvalue weighted by molar-refractivity contribution is -0.184. The smallest absolute Gasteiger partial charge is 0.310 e. The number of fused-ring (bicyclic) bond motifs is 6. The first-order valence-corrected chi connectivity index (χ1v) is 20.3. The van der Waals surface area contributed by atoms with Crippen LogP contribution in [0.1, 0.15) is 131 Å². The Morgan fingerprint density at radius 1 is 0.653 bits per heavy atom. The molecule has 0 aromatic rings. The molecule has 0 amide bonds. The van der Waals surface area contributed by atoms with Crippen LogP contribution >= 0.6 is 11.8 Å². The Bertz CT molecular complexity index is 1190. The number of aliphatic hydroxyl groups is 2. The third kappa shape index (κ3) is 8.81. The molecule has 4 heterocycles. The van der Waals surface area contributed by atoms with Gasteiger partial charge in [-0.3, -0.25) is 9.59 Å². The van der Waals surface area contributed by atoms with Crippen LogP contribution in [0.2, 0.25) is 0 Å². The summed E-state index contributed by atoms with van der Waals surface area (Å²) >= 11 is 1.65. The maximum Gasteiger partial charge on any atom is 0.310 e. The van der Waals surface area contributed by atoms with Crippen molar-refractivity contribution in [1.29, 1.82) is 0 Å². The lowest BCUT2D eigenvalue weighted by Gasteiger charge is -2.42. The Morgan fingerprint density at radius 3 is 1.47 bits per heavy atom. The maximum absolute atomic E-state index is 13.7. The van der Waals surface area contributed by atoms with Crippen molar-refractivity contribution in [3.63, 3.8) is 0 Å². The minimum Gasteiger partial charge on any atom is -0.459 e. The van der Waals surface area contributed by atoms with Crippen LogP contribution in [0, 0.1) is 23.7 Å². The van der Waals surface area contributed by atoms with Crippen molar-refractivity contribution in [1.82, 2.24) is 0 Å². The molecule has 276 valence electrons. The maximum atomic E-state index is 13.7. The molecule has 2 N–H and O–H groups in total. The van der Waals surface area contributed by atoms with E-state index in [1.165, 1.54) is 11.1 Å². The summed E-state index contributed by atoms with van der Waals surface area (Å²) in [5, 5.41) is 22.9. The number of carbonyl (C=O) groups is 2. The van der Waals surface area contributed by atoms with Crippen molar-refractivity contribution in [2.75, 3.05) is 11.5 Å². The second-order valence-corrected chi connectivity index (χ2v) is 18.6. The van der Waals surface area contributed by atoms with E-state index in [2.05, 4.69) is 39.8 Å². The number of hydrogen-bond acceptors (Lipinski definition) is 9. The van der Waals surface area contributed by atoms with Gasteiger partial charge in [-0.05, 0) is 143 Å². The molecule has 0 saturated carbocycles. The third-order valence-electron chi connectivity index (χ3n) is 13.3. The van der Waals surface area contributed by atoms with Gasteiger partial charge in [0.05, 0.1) is 46.4 Å². The molecule has 4 fully saturated rings. The van der Waals surface area contributed by atoms with Gasteiger partial charge >= 0.3 is 11.9 Å². The van der Waals surface area contributed by atoms with Crippen molar-refractivity contribution in [2.24, 2.45) is 23.7 Å². The summed E-state index contributed by atoms with van der Waals surface area (Å²) in [6.07, 6.45) is 15.1. The minimum absolute atomic E-state index is 0.0702. The van der Waals surface area contributed by atoms with E-state index in [-0.39, 0.29) is 59.0 Å². The molecule has 4 bridgehead atoms. The molecule has 6 rings (SSSR count). The van der Waals surface area contributed by atoms with Gasteiger partial charge in [0.15, 0.2) is 0 Å². The molecule has 0 radical (unpaired) electrons. The summed E-state index contributed by atoms with van der Waals surface area (Å²) in [5.41, 5.74) is 0.123. The van der Waals surface area contributed by atoms with Crippen molar-refractivity contribution in [2.45, 2.75) is 178 Å². The number of hydrogen-bond donors (Lipinski definition) is 2. The average molecular weight is 703 g/mol. The van der Waals surface area contributed by atoms with Crippen molar-refractivity contribution in [3.05, 3.63) is 23.3 Å². The van der Waals surface area contributed by atoms with E-state index in [1.54, 1.807) is 11.8 Å². The summed E-state index contributed by atoms with van der Waals surface area (Å²) in [4.78, 5) is 27.4. The number of allylic oxidation sites excluding steroid dienone is 4. The van der Waals surface area contributed by atoms with Gasteiger partial charge in [0.1, 0.15) is 12.2 Å².